The van der Waals surface area contributed by atoms with E-state index in [1.54, 1.807) is 0 Å². The smallest absolute Gasteiger partial charge is 0.0112 e. The predicted octanol–water partition coefficient (Wildman–Crippen LogP) is 1.40. The first kappa shape index (κ1) is 13.9. The third-order valence-corrected chi connectivity index (χ3v) is 3.49. The minimum Gasteiger partial charge on any atom is -0.314 e. The zero-order valence-corrected chi connectivity index (χ0v) is 11.5. The molecule has 0 bridgehead atoms. The van der Waals surface area contributed by atoms with Crippen LogP contribution in [0.5, 0.6) is 0 Å². The van der Waals surface area contributed by atoms with Gasteiger partial charge in [-0.25, -0.2) is 0 Å². The molecule has 1 heterocycles. The lowest BCUT2D eigenvalue weighted by Gasteiger charge is -2.28. The van der Waals surface area contributed by atoms with Gasteiger partial charge in [0.25, 0.3) is 0 Å². The minimum absolute atomic E-state index is 0.668. The summed E-state index contributed by atoms with van der Waals surface area (Å²) in [5.41, 5.74) is 0. The highest BCUT2D eigenvalue weighted by molar-refractivity contribution is 4.76. The van der Waals surface area contributed by atoms with Crippen LogP contribution in [-0.4, -0.2) is 62.2 Å². The van der Waals surface area contributed by atoms with Crippen molar-refractivity contribution in [3.05, 3.63) is 0 Å². The van der Waals surface area contributed by atoms with Gasteiger partial charge in [-0.1, -0.05) is 0 Å². The third-order valence-electron chi connectivity index (χ3n) is 3.49. The summed E-state index contributed by atoms with van der Waals surface area (Å²) in [7, 11) is 4.30. The molecule has 1 saturated heterocycles. The Bertz CT molecular complexity index is 174. The molecule has 1 N–H and O–H groups in total. The lowest BCUT2D eigenvalue weighted by Crippen LogP contribution is -2.39. The van der Waals surface area contributed by atoms with Crippen LogP contribution in [0.25, 0.3) is 0 Å². The van der Waals surface area contributed by atoms with Crippen LogP contribution in [0.1, 0.15) is 33.1 Å². The Hall–Kier alpha value is -0.120. The van der Waals surface area contributed by atoms with Crippen molar-refractivity contribution in [1.29, 1.82) is 0 Å². The van der Waals surface area contributed by atoms with Crippen molar-refractivity contribution in [3.63, 3.8) is 0 Å². The second-order valence-corrected chi connectivity index (χ2v) is 5.51. The predicted molar refractivity (Wildman–Crippen MR) is 70.9 cm³/mol. The quantitative estimate of drug-likeness (QED) is 0.709. The normalized spacial score (nSPS) is 21.6. The van der Waals surface area contributed by atoms with Crippen LogP contribution in [0.2, 0.25) is 0 Å². The summed E-state index contributed by atoms with van der Waals surface area (Å²) in [5, 5.41) is 3.58. The van der Waals surface area contributed by atoms with Crippen LogP contribution < -0.4 is 5.32 Å². The summed E-state index contributed by atoms with van der Waals surface area (Å²) in [5.74, 6) is 0. The highest BCUT2D eigenvalue weighted by atomic mass is 15.2. The fraction of sp³-hybridized carbons (Fsp3) is 1.00. The molecule has 0 saturated carbocycles. The number of nitrogens with one attached hydrogen (secondary N) is 1. The van der Waals surface area contributed by atoms with Crippen LogP contribution in [0.3, 0.4) is 0 Å². The second-order valence-electron chi connectivity index (χ2n) is 5.51. The standard InChI is InChI=1S/C13H29N3/c1-12(2)16(11-10-15(3)4)9-7-13-6-5-8-14-13/h12-14H,5-11H2,1-4H3. The van der Waals surface area contributed by atoms with Gasteiger partial charge < -0.3 is 10.2 Å². The molecule has 1 rings (SSSR count). The minimum atomic E-state index is 0.668. The Balaban J connectivity index is 2.21. The van der Waals surface area contributed by atoms with Gasteiger partial charge in [-0.3, -0.25) is 4.90 Å². The first-order valence-corrected chi connectivity index (χ1v) is 6.71. The van der Waals surface area contributed by atoms with E-state index in [1.807, 2.05) is 0 Å². The molecule has 0 aromatic rings. The average molecular weight is 227 g/mol. The summed E-state index contributed by atoms with van der Waals surface area (Å²) in [4.78, 5) is 4.86. The van der Waals surface area contributed by atoms with Gasteiger partial charge in [0.15, 0.2) is 0 Å². The van der Waals surface area contributed by atoms with Crippen molar-refractivity contribution in [1.82, 2.24) is 15.1 Å². The van der Waals surface area contributed by atoms with Gasteiger partial charge >= 0.3 is 0 Å². The van der Waals surface area contributed by atoms with E-state index in [9.17, 15) is 0 Å². The number of hydrogen-bond acceptors (Lipinski definition) is 3. The zero-order chi connectivity index (χ0) is 12.0. The summed E-state index contributed by atoms with van der Waals surface area (Å²) >= 11 is 0. The molecule has 3 nitrogen and oxygen atoms in total. The Morgan fingerprint density at radius 3 is 2.44 bits per heavy atom. The lowest BCUT2D eigenvalue weighted by atomic mass is 10.1. The fourth-order valence-electron chi connectivity index (χ4n) is 2.28. The Morgan fingerprint density at radius 2 is 1.94 bits per heavy atom. The van der Waals surface area contributed by atoms with E-state index in [4.69, 9.17) is 0 Å². The van der Waals surface area contributed by atoms with Crippen molar-refractivity contribution in [2.24, 2.45) is 0 Å². The maximum absolute atomic E-state index is 3.58. The maximum atomic E-state index is 3.58. The van der Waals surface area contributed by atoms with Gasteiger partial charge in [0, 0.05) is 25.2 Å². The number of hydrogen-bond donors (Lipinski definition) is 1. The summed E-state index contributed by atoms with van der Waals surface area (Å²) < 4.78 is 0. The molecule has 16 heavy (non-hydrogen) atoms. The molecule has 0 aromatic carbocycles. The van der Waals surface area contributed by atoms with E-state index in [1.165, 1.54) is 38.9 Å². The molecule has 96 valence electrons. The van der Waals surface area contributed by atoms with Gasteiger partial charge in [-0.15, -0.1) is 0 Å². The van der Waals surface area contributed by atoms with E-state index in [-0.39, 0.29) is 0 Å². The average Bonchev–Trinajstić information content (AvgIpc) is 2.69. The Kier molecular flexibility index (Phi) is 6.32. The second kappa shape index (κ2) is 7.25. The van der Waals surface area contributed by atoms with Gasteiger partial charge in [0.1, 0.15) is 0 Å². The van der Waals surface area contributed by atoms with E-state index >= 15 is 0 Å². The first-order chi connectivity index (χ1) is 7.59. The molecule has 0 spiro atoms. The van der Waals surface area contributed by atoms with Crippen molar-refractivity contribution in [3.8, 4) is 0 Å². The molecular weight excluding hydrogens is 198 g/mol. The van der Waals surface area contributed by atoms with Gasteiger partial charge in [0.05, 0.1) is 0 Å². The topological polar surface area (TPSA) is 18.5 Å². The molecule has 1 aliphatic heterocycles. The highest BCUT2D eigenvalue weighted by Gasteiger charge is 2.16. The molecule has 0 aliphatic carbocycles. The molecule has 1 aliphatic rings. The molecule has 0 aromatic heterocycles. The largest absolute Gasteiger partial charge is 0.314 e. The summed E-state index contributed by atoms with van der Waals surface area (Å²) in [6.45, 7) is 9.43. The molecule has 1 atom stereocenters. The monoisotopic (exact) mass is 227 g/mol. The number of rotatable bonds is 7. The van der Waals surface area contributed by atoms with E-state index in [0.29, 0.717) is 6.04 Å². The fourth-order valence-corrected chi connectivity index (χ4v) is 2.28. The van der Waals surface area contributed by atoms with Crippen molar-refractivity contribution in [2.45, 2.75) is 45.2 Å². The maximum Gasteiger partial charge on any atom is 0.0112 e. The SMILES string of the molecule is CC(C)N(CCC1CCCN1)CCN(C)C. The van der Waals surface area contributed by atoms with Crippen LogP contribution in [0.15, 0.2) is 0 Å². The highest BCUT2D eigenvalue weighted by Crippen LogP contribution is 2.10. The first-order valence-electron chi connectivity index (χ1n) is 6.71. The number of likely N-dealkylation sites (N-methyl/N-ethyl adjacent to an activating group) is 1. The van der Waals surface area contributed by atoms with Crippen LogP contribution in [0.4, 0.5) is 0 Å². The zero-order valence-electron chi connectivity index (χ0n) is 11.5. The van der Waals surface area contributed by atoms with Gasteiger partial charge in [-0.2, -0.15) is 0 Å². The molecule has 1 unspecified atom stereocenters. The van der Waals surface area contributed by atoms with Crippen LogP contribution >= 0.6 is 0 Å². The van der Waals surface area contributed by atoms with E-state index in [0.717, 1.165) is 12.6 Å². The lowest BCUT2D eigenvalue weighted by molar-refractivity contribution is 0.191. The molecular formula is C13H29N3. The molecule has 0 amide bonds. The van der Waals surface area contributed by atoms with E-state index in [2.05, 4.69) is 43.1 Å². The summed E-state index contributed by atoms with van der Waals surface area (Å²) in [6, 6.07) is 1.45. The number of nitrogens with zero attached hydrogens (tertiary/aromatic N) is 2. The summed E-state index contributed by atoms with van der Waals surface area (Å²) in [6.07, 6.45) is 4.05. The third kappa shape index (κ3) is 5.28. The molecule has 3 heteroatoms. The Labute approximate surface area is 101 Å². The van der Waals surface area contributed by atoms with Crippen molar-refractivity contribution < 1.29 is 0 Å². The van der Waals surface area contributed by atoms with E-state index < -0.39 is 0 Å². The molecule has 1 fully saturated rings. The van der Waals surface area contributed by atoms with Crippen molar-refractivity contribution in [2.75, 3.05) is 40.3 Å². The van der Waals surface area contributed by atoms with Crippen molar-refractivity contribution >= 4 is 0 Å². The van der Waals surface area contributed by atoms with Crippen LogP contribution in [0, 0.1) is 0 Å². The van der Waals surface area contributed by atoms with Gasteiger partial charge in [-0.05, 0) is 60.3 Å². The Morgan fingerprint density at radius 1 is 1.19 bits per heavy atom. The van der Waals surface area contributed by atoms with Crippen LogP contribution in [-0.2, 0) is 0 Å². The van der Waals surface area contributed by atoms with Gasteiger partial charge in [0.2, 0.25) is 0 Å². The molecule has 0 radical (unpaired) electrons.